The van der Waals surface area contributed by atoms with Gasteiger partial charge in [0.15, 0.2) is 0 Å². The standard InChI is InChI=1S/C14H16N4O2/c1-17-13-8-4-6-11(10(13)9-15-17)16-12-5-2-3-7-14(12)18(19)20/h2-3,5,7,9,11,16H,4,6,8H2,1H3/t11-/m1/s1. The third-order valence-electron chi connectivity index (χ3n) is 3.81. The fourth-order valence-electron chi connectivity index (χ4n) is 2.80. The van der Waals surface area contributed by atoms with Crippen molar-refractivity contribution in [1.29, 1.82) is 0 Å². The molecule has 1 N–H and O–H groups in total. The molecule has 6 heteroatoms. The molecule has 0 bridgehead atoms. The fraction of sp³-hybridized carbons (Fsp3) is 0.357. The smallest absolute Gasteiger partial charge is 0.292 e. The van der Waals surface area contributed by atoms with Gasteiger partial charge in [-0.25, -0.2) is 0 Å². The maximum absolute atomic E-state index is 11.1. The Morgan fingerprint density at radius 2 is 2.25 bits per heavy atom. The molecule has 1 aromatic heterocycles. The van der Waals surface area contributed by atoms with E-state index in [1.165, 1.54) is 11.8 Å². The van der Waals surface area contributed by atoms with Crippen LogP contribution in [0.4, 0.5) is 11.4 Å². The molecule has 0 saturated heterocycles. The third kappa shape index (κ3) is 2.13. The van der Waals surface area contributed by atoms with Gasteiger partial charge in [0.1, 0.15) is 5.69 Å². The van der Waals surface area contributed by atoms with Crippen LogP contribution in [0.1, 0.15) is 30.1 Å². The predicted octanol–water partition coefficient (Wildman–Crippen LogP) is 2.82. The number of aryl methyl sites for hydroxylation is 1. The second-order valence-corrected chi connectivity index (χ2v) is 5.03. The molecule has 1 aliphatic carbocycles. The molecule has 1 atom stereocenters. The fourth-order valence-corrected chi connectivity index (χ4v) is 2.80. The van der Waals surface area contributed by atoms with E-state index in [9.17, 15) is 10.1 Å². The molecule has 20 heavy (non-hydrogen) atoms. The van der Waals surface area contributed by atoms with Crippen LogP contribution in [0.25, 0.3) is 0 Å². The quantitative estimate of drug-likeness (QED) is 0.688. The SMILES string of the molecule is Cn1ncc2c1CCC[C@H]2Nc1ccccc1[N+](=O)[O-]. The van der Waals surface area contributed by atoms with Crippen molar-refractivity contribution < 1.29 is 4.92 Å². The summed E-state index contributed by atoms with van der Waals surface area (Å²) < 4.78 is 1.89. The number of hydrogen-bond acceptors (Lipinski definition) is 4. The number of nitrogens with one attached hydrogen (secondary N) is 1. The van der Waals surface area contributed by atoms with Crippen LogP contribution in [0.2, 0.25) is 0 Å². The van der Waals surface area contributed by atoms with Gasteiger partial charge in [0.05, 0.1) is 17.2 Å². The first-order chi connectivity index (χ1) is 9.66. The molecule has 6 nitrogen and oxygen atoms in total. The van der Waals surface area contributed by atoms with Gasteiger partial charge in [-0.05, 0) is 25.3 Å². The molecular formula is C14H16N4O2. The van der Waals surface area contributed by atoms with Crippen LogP contribution in [-0.4, -0.2) is 14.7 Å². The van der Waals surface area contributed by atoms with Crippen LogP contribution in [-0.2, 0) is 13.5 Å². The van der Waals surface area contributed by atoms with Gasteiger partial charge in [-0.2, -0.15) is 5.10 Å². The molecule has 1 aromatic carbocycles. The van der Waals surface area contributed by atoms with Gasteiger partial charge < -0.3 is 5.32 Å². The van der Waals surface area contributed by atoms with Gasteiger partial charge >= 0.3 is 0 Å². The molecule has 1 aliphatic rings. The maximum atomic E-state index is 11.1. The second kappa shape index (κ2) is 4.96. The lowest BCUT2D eigenvalue weighted by molar-refractivity contribution is -0.384. The van der Waals surface area contributed by atoms with E-state index in [-0.39, 0.29) is 16.7 Å². The number of anilines is 1. The molecule has 0 spiro atoms. The summed E-state index contributed by atoms with van der Waals surface area (Å²) >= 11 is 0. The van der Waals surface area contributed by atoms with Crippen molar-refractivity contribution in [2.75, 3.05) is 5.32 Å². The van der Waals surface area contributed by atoms with Crippen molar-refractivity contribution >= 4 is 11.4 Å². The Morgan fingerprint density at radius 1 is 1.45 bits per heavy atom. The minimum atomic E-state index is -0.352. The van der Waals surface area contributed by atoms with Crippen LogP contribution >= 0.6 is 0 Å². The Bertz CT molecular complexity index is 650. The highest BCUT2D eigenvalue weighted by molar-refractivity contribution is 5.62. The topological polar surface area (TPSA) is 73.0 Å². The van der Waals surface area contributed by atoms with Crippen LogP contribution in [0.5, 0.6) is 0 Å². The third-order valence-corrected chi connectivity index (χ3v) is 3.81. The Hall–Kier alpha value is -2.37. The lowest BCUT2D eigenvalue weighted by atomic mass is 9.92. The number of nitro benzene ring substituents is 1. The maximum Gasteiger partial charge on any atom is 0.292 e. The number of fused-ring (bicyclic) bond motifs is 1. The van der Waals surface area contributed by atoms with Gasteiger partial charge in [0.25, 0.3) is 5.69 Å². The van der Waals surface area contributed by atoms with Gasteiger partial charge in [-0.1, -0.05) is 12.1 Å². The number of hydrogen-bond donors (Lipinski definition) is 1. The van der Waals surface area contributed by atoms with Crippen molar-refractivity contribution in [2.24, 2.45) is 7.05 Å². The van der Waals surface area contributed by atoms with Crippen molar-refractivity contribution in [3.8, 4) is 0 Å². The van der Waals surface area contributed by atoms with E-state index in [0.717, 1.165) is 24.8 Å². The van der Waals surface area contributed by atoms with E-state index in [4.69, 9.17) is 0 Å². The lowest BCUT2D eigenvalue weighted by Gasteiger charge is -2.24. The largest absolute Gasteiger partial charge is 0.373 e. The summed E-state index contributed by atoms with van der Waals surface area (Å²) in [5.41, 5.74) is 3.05. The van der Waals surface area contributed by atoms with Crippen molar-refractivity contribution in [1.82, 2.24) is 9.78 Å². The predicted molar refractivity (Wildman–Crippen MR) is 75.6 cm³/mol. The average Bonchev–Trinajstić information content (AvgIpc) is 2.82. The molecule has 1 heterocycles. The Labute approximate surface area is 116 Å². The molecule has 0 saturated carbocycles. The zero-order valence-corrected chi connectivity index (χ0v) is 11.2. The zero-order chi connectivity index (χ0) is 14.1. The van der Waals surface area contributed by atoms with Crippen molar-refractivity contribution in [2.45, 2.75) is 25.3 Å². The number of nitrogens with zero attached hydrogens (tertiary/aromatic N) is 3. The van der Waals surface area contributed by atoms with Gasteiger partial charge in [0, 0.05) is 24.4 Å². The number of rotatable bonds is 3. The number of para-hydroxylation sites is 2. The van der Waals surface area contributed by atoms with Gasteiger partial charge in [0.2, 0.25) is 0 Å². The Kier molecular flexibility index (Phi) is 3.14. The Balaban J connectivity index is 1.91. The van der Waals surface area contributed by atoms with E-state index in [1.807, 2.05) is 24.0 Å². The monoisotopic (exact) mass is 272 g/mol. The first kappa shape index (κ1) is 12.7. The highest BCUT2D eigenvalue weighted by Crippen LogP contribution is 2.34. The van der Waals surface area contributed by atoms with E-state index in [2.05, 4.69) is 10.4 Å². The molecule has 0 radical (unpaired) electrons. The molecule has 104 valence electrons. The van der Waals surface area contributed by atoms with Crippen molar-refractivity contribution in [3.63, 3.8) is 0 Å². The van der Waals surface area contributed by atoms with Crippen molar-refractivity contribution in [3.05, 3.63) is 51.8 Å². The normalized spacial score (nSPS) is 17.6. The number of nitro groups is 1. The van der Waals surface area contributed by atoms with E-state index in [0.29, 0.717) is 5.69 Å². The summed E-state index contributed by atoms with van der Waals surface area (Å²) in [5, 5.41) is 18.7. The summed E-state index contributed by atoms with van der Waals surface area (Å²) in [6.07, 6.45) is 4.90. The lowest BCUT2D eigenvalue weighted by Crippen LogP contribution is -2.18. The van der Waals surface area contributed by atoms with E-state index >= 15 is 0 Å². The summed E-state index contributed by atoms with van der Waals surface area (Å²) in [6.45, 7) is 0. The molecular weight excluding hydrogens is 256 g/mol. The van der Waals surface area contributed by atoms with Gasteiger partial charge in [-0.15, -0.1) is 0 Å². The molecule has 0 aliphatic heterocycles. The first-order valence-electron chi connectivity index (χ1n) is 6.67. The zero-order valence-electron chi connectivity index (χ0n) is 11.2. The summed E-state index contributed by atoms with van der Waals surface area (Å²) in [5.74, 6) is 0. The number of benzene rings is 1. The van der Waals surface area contributed by atoms with Crippen LogP contribution in [0.15, 0.2) is 30.5 Å². The minimum Gasteiger partial charge on any atom is -0.373 e. The first-order valence-corrected chi connectivity index (χ1v) is 6.67. The Morgan fingerprint density at radius 3 is 3.05 bits per heavy atom. The van der Waals surface area contributed by atoms with Gasteiger partial charge in [-0.3, -0.25) is 14.8 Å². The highest BCUT2D eigenvalue weighted by atomic mass is 16.6. The highest BCUT2D eigenvalue weighted by Gasteiger charge is 2.25. The second-order valence-electron chi connectivity index (χ2n) is 5.03. The van der Waals surface area contributed by atoms with E-state index in [1.54, 1.807) is 12.1 Å². The molecule has 3 rings (SSSR count). The molecule has 0 fully saturated rings. The summed E-state index contributed by atoms with van der Waals surface area (Å²) in [6, 6.07) is 6.86. The molecule has 2 aromatic rings. The average molecular weight is 272 g/mol. The molecule has 0 unspecified atom stereocenters. The molecule has 0 amide bonds. The summed E-state index contributed by atoms with van der Waals surface area (Å²) in [7, 11) is 1.94. The van der Waals surface area contributed by atoms with E-state index < -0.39 is 0 Å². The van der Waals surface area contributed by atoms with Crippen LogP contribution < -0.4 is 5.32 Å². The van der Waals surface area contributed by atoms with Crippen LogP contribution in [0, 0.1) is 10.1 Å². The summed E-state index contributed by atoms with van der Waals surface area (Å²) in [4.78, 5) is 10.7. The minimum absolute atomic E-state index is 0.0912. The van der Waals surface area contributed by atoms with Crippen LogP contribution in [0.3, 0.4) is 0 Å². The number of aromatic nitrogens is 2.